The Morgan fingerprint density at radius 3 is 1.97 bits per heavy atom. The van der Waals surface area contributed by atoms with Crippen LogP contribution in [0.4, 0.5) is 5.69 Å². The maximum Gasteiger partial charge on any atom is 0.238 e. The van der Waals surface area contributed by atoms with Crippen LogP contribution < -0.4 is 24.3 Å². The van der Waals surface area contributed by atoms with Crippen LogP contribution in [-0.4, -0.2) is 49.6 Å². The van der Waals surface area contributed by atoms with Crippen LogP contribution in [0, 0.1) is 0 Å². The highest BCUT2D eigenvalue weighted by molar-refractivity contribution is 8.00. The molecule has 198 valence electrons. The van der Waals surface area contributed by atoms with Crippen LogP contribution in [0.15, 0.2) is 71.9 Å². The Hall–Kier alpha value is -4.11. The number of rotatable bonds is 11. The van der Waals surface area contributed by atoms with E-state index in [2.05, 4.69) is 10.3 Å². The molecule has 8 nitrogen and oxygen atoms in total. The number of benzene rings is 3. The minimum Gasteiger partial charge on any atom is -0.497 e. The maximum absolute atomic E-state index is 13.3. The van der Waals surface area contributed by atoms with Crippen LogP contribution in [0.3, 0.4) is 0 Å². The predicted molar refractivity (Wildman–Crippen MR) is 151 cm³/mol. The molecule has 3 aromatic carbocycles. The summed E-state index contributed by atoms with van der Waals surface area (Å²) in [4.78, 5) is 21.6. The molecule has 38 heavy (non-hydrogen) atoms. The van der Waals surface area contributed by atoms with Crippen LogP contribution in [-0.2, 0) is 4.79 Å². The van der Waals surface area contributed by atoms with Crippen LogP contribution in [0.1, 0.15) is 13.3 Å². The Morgan fingerprint density at radius 2 is 1.42 bits per heavy atom. The Morgan fingerprint density at radius 1 is 0.842 bits per heavy atom. The first kappa shape index (κ1) is 26.9. The van der Waals surface area contributed by atoms with E-state index in [1.807, 2.05) is 55.5 Å². The quantitative estimate of drug-likeness (QED) is 0.219. The van der Waals surface area contributed by atoms with E-state index in [1.165, 1.54) is 11.8 Å². The summed E-state index contributed by atoms with van der Waals surface area (Å²) in [5.74, 6) is 2.56. The van der Waals surface area contributed by atoms with Gasteiger partial charge in [-0.05, 0) is 67.1 Å². The summed E-state index contributed by atoms with van der Waals surface area (Å²) in [7, 11) is 6.42. The number of carbonyl (C=O) groups is 1. The summed E-state index contributed by atoms with van der Waals surface area (Å²) in [5.41, 5.74) is 4.10. The minimum absolute atomic E-state index is 0.144. The fourth-order valence-electron chi connectivity index (χ4n) is 3.90. The molecule has 1 unspecified atom stereocenters. The highest BCUT2D eigenvalue weighted by Crippen LogP contribution is 2.36. The SMILES string of the molecule is CCC(Sc1nc(-c2ccc(OC)cc2)c(-c2ccc(OC)cc2)[nH]1)C(=O)Nc1ccc(OC)cc1OC. The first-order valence-electron chi connectivity index (χ1n) is 12.1. The average Bonchev–Trinajstić information content (AvgIpc) is 3.39. The topological polar surface area (TPSA) is 94.7 Å². The third-order valence-corrected chi connectivity index (χ3v) is 7.26. The van der Waals surface area contributed by atoms with Crippen molar-refractivity contribution in [1.29, 1.82) is 0 Å². The molecular formula is C29H31N3O5S. The molecule has 0 saturated carbocycles. The van der Waals surface area contributed by atoms with Crippen LogP contribution in [0.2, 0.25) is 0 Å². The van der Waals surface area contributed by atoms with Crippen LogP contribution in [0.25, 0.3) is 22.5 Å². The zero-order valence-electron chi connectivity index (χ0n) is 22.0. The predicted octanol–water partition coefficient (Wildman–Crippen LogP) is 6.29. The first-order valence-corrected chi connectivity index (χ1v) is 13.0. The van der Waals surface area contributed by atoms with Gasteiger partial charge in [-0.25, -0.2) is 4.98 Å². The molecular weight excluding hydrogens is 502 g/mol. The summed E-state index contributed by atoms with van der Waals surface area (Å²) in [6.07, 6.45) is 0.603. The molecule has 0 aliphatic rings. The molecule has 0 saturated heterocycles. The van der Waals surface area contributed by atoms with Crippen LogP contribution in [0.5, 0.6) is 23.0 Å². The molecule has 4 rings (SSSR count). The van der Waals surface area contributed by atoms with Crippen molar-refractivity contribution in [3.8, 4) is 45.5 Å². The summed E-state index contributed by atoms with van der Waals surface area (Å²) in [6.45, 7) is 1.97. The normalized spacial score (nSPS) is 11.5. The number of hydrogen-bond acceptors (Lipinski definition) is 7. The van der Waals surface area contributed by atoms with E-state index < -0.39 is 0 Å². The van der Waals surface area contributed by atoms with Gasteiger partial charge in [-0.1, -0.05) is 18.7 Å². The van der Waals surface area contributed by atoms with Gasteiger partial charge in [-0.3, -0.25) is 4.79 Å². The fourth-order valence-corrected chi connectivity index (χ4v) is 4.81. The van der Waals surface area contributed by atoms with Crippen molar-refractivity contribution in [2.24, 2.45) is 0 Å². The molecule has 2 N–H and O–H groups in total. The van der Waals surface area contributed by atoms with E-state index in [4.69, 9.17) is 23.9 Å². The zero-order valence-corrected chi connectivity index (χ0v) is 22.8. The number of nitrogens with zero attached hydrogens (tertiary/aromatic N) is 1. The van der Waals surface area contributed by atoms with E-state index in [1.54, 1.807) is 46.6 Å². The highest BCUT2D eigenvalue weighted by Gasteiger charge is 2.23. The highest BCUT2D eigenvalue weighted by atomic mass is 32.2. The Kier molecular flexibility index (Phi) is 8.81. The lowest BCUT2D eigenvalue weighted by molar-refractivity contribution is -0.115. The van der Waals surface area contributed by atoms with E-state index in [0.717, 1.165) is 34.0 Å². The second kappa shape index (κ2) is 12.4. The standard InChI is InChI=1S/C29H31N3O5S/c1-6-25(28(33)30-23-16-15-22(36-4)17-24(23)37-5)38-29-31-26(18-7-11-20(34-2)12-8-18)27(32-29)19-9-13-21(35-3)14-10-19/h7-17,25H,6H2,1-5H3,(H,30,33)(H,31,32). The van der Waals surface area contributed by atoms with Crippen molar-refractivity contribution < 1.29 is 23.7 Å². The molecule has 0 aliphatic carbocycles. The van der Waals surface area contributed by atoms with Crippen molar-refractivity contribution in [2.45, 2.75) is 23.8 Å². The number of methoxy groups -OCH3 is 4. The van der Waals surface area contributed by atoms with Gasteiger partial charge in [-0.2, -0.15) is 0 Å². The van der Waals surface area contributed by atoms with E-state index >= 15 is 0 Å². The van der Waals surface area contributed by atoms with Crippen molar-refractivity contribution in [1.82, 2.24) is 9.97 Å². The first-order chi connectivity index (χ1) is 18.5. The van der Waals surface area contributed by atoms with E-state index in [-0.39, 0.29) is 11.2 Å². The van der Waals surface area contributed by atoms with Gasteiger partial charge in [0, 0.05) is 17.2 Å². The summed E-state index contributed by atoms with van der Waals surface area (Å²) >= 11 is 1.38. The molecule has 0 fully saturated rings. The minimum atomic E-state index is -0.389. The molecule has 0 radical (unpaired) electrons. The molecule has 1 amide bonds. The number of nitrogens with one attached hydrogen (secondary N) is 2. The Balaban J connectivity index is 1.63. The van der Waals surface area contributed by atoms with Gasteiger partial charge < -0.3 is 29.2 Å². The molecule has 0 spiro atoms. The smallest absolute Gasteiger partial charge is 0.238 e. The molecule has 9 heteroatoms. The van der Waals surface area contributed by atoms with Crippen molar-refractivity contribution in [3.63, 3.8) is 0 Å². The monoisotopic (exact) mass is 533 g/mol. The van der Waals surface area contributed by atoms with E-state index in [9.17, 15) is 4.79 Å². The summed E-state index contributed by atoms with van der Waals surface area (Å²) in [5, 5.41) is 3.24. The number of aromatic amines is 1. The second-order valence-electron chi connectivity index (χ2n) is 8.29. The second-order valence-corrected chi connectivity index (χ2v) is 9.48. The number of anilines is 1. The fraction of sp³-hybridized carbons (Fsp3) is 0.241. The van der Waals surface area contributed by atoms with Crippen LogP contribution >= 0.6 is 11.8 Å². The van der Waals surface area contributed by atoms with Crippen molar-refractivity contribution in [3.05, 3.63) is 66.7 Å². The Bertz CT molecular complexity index is 1310. The van der Waals surface area contributed by atoms with Gasteiger partial charge in [0.15, 0.2) is 5.16 Å². The van der Waals surface area contributed by atoms with E-state index in [0.29, 0.717) is 28.8 Å². The van der Waals surface area contributed by atoms with Crippen molar-refractivity contribution in [2.75, 3.05) is 33.8 Å². The maximum atomic E-state index is 13.3. The molecule has 1 aromatic heterocycles. The summed E-state index contributed by atoms with van der Waals surface area (Å²) < 4.78 is 21.3. The third-order valence-electron chi connectivity index (χ3n) is 6.01. The van der Waals surface area contributed by atoms with Gasteiger partial charge in [0.05, 0.1) is 50.8 Å². The van der Waals surface area contributed by atoms with Gasteiger partial charge >= 0.3 is 0 Å². The third kappa shape index (κ3) is 6.06. The Labute approximate surface area is 226 Å². The molecule has 1 heterocycles. The molecule has 0 aliphatic heterocycles. The molecule has 0 bridgehead atoms. The molecule has 1 atom stereocenters. The lowest BCUT2D eigenvalue weighted by Crippen LogP contribution is -2.25. The number of H-pyrrole nitrogens is 1. The molecule has 4 aromatic rings. The largest absolute Gasteiger partial charge is 0.497 e. The number of amides is 1. The number of carbonyl (C=O) groups excluding carboxylic acids is 1. The van der Waals surface area contributed by atoms with Gasteiger partial charge in [0.25, 0.3) is 0 Å². The number of thioether (sulfide) groups is 1. The van der Waals surface area contributed by atoms with Gasteiger partial charge in [0.1, 0.15) is 23.0 Å². The number of imidazole rings is 1. The number of aromatic nitrogens is 2. The lowest BCUT2D eigenvalue weighted by Gasteiger charge is -2.16. The number of ether oxygens (including phenoxy) is 4. The van der Waals surface area contributed by atoms with Crippen molar-refractivity contribution >= 4 is 23.4 Å². The zero-order chi connectivity index (χ0) is 27.1. The summed E-state index contributed by atoms with van der Waals surface area (Å²) in [6, 6.07) is 20.8. The lowest BCUT2D eigenvalue weighted by atomic mass is 10.0. The number of hydrogen-bond donors (Lipinski definition) is 2. The average molecular weight is 534 g/mol. The van der Waals surface area contributed by atoms with Gasteiger partial charge in [0.2, 0.25) is 5.91 Å². The van der Waals surface area contributed by atoms with Gasteiger partial charge in [-0.15, -0.1) is 0 Å².